The third-order valence-corrected chi connectivity index (χ3v) is 2.37. The van der Waals surface area contributed by atoms with Gasteiger partial charge in [-0.25, -0.2) is 0 Å². The van der Waals surface area contributed by atoms with Gasteiger partial charge in [0, 0.05) is 19.2 Å². The summed E-state index contributed by atoms with van der Waals surface area (Å²) in [5.74, 6) is -0.711. The van der Waals surface area contributed by atoms with Gasteiger partial charge in [0.05, 0.1) is 13.1 Å². The Hall–Kier alpha value is -2.09. The van der Waals surface area contributed by atoms with Crippen LogP contribution in [0.5, 0.6) is 0 Å². The lowest BCUT2D eigenvalue weighted by Crippen LogP contribution is -2.37. The van der Waals surface area contributed by atoms with Crippen LogP contribution >= 0.6 is 0 Å². The van der Waals surface area contributed by atoms with Crippen LogP contribution in [0.3, 0.4) is 0 Å². The minimum atomic E-state index is -4.33. The van der Waals surface area contributed by atoms with Gasteiger partial charge in [-0.1, -0.05) is 12.1 Å². The van der Waals surface area contributed by atoms with Gasteiger partial charge in [0.1, 0.15) is 0 Å². The molecule has 5 nitrogen and oxygen atoms in total. The molecule has 21 heavy (non-hydrogen) atoms. The van der Waals surface area contributed by atoms with Gasteiger partial charge < -0.3 is 16.0 Å². The summed E-state index contributed by atoms with van der Waals surface area (Å²) in [7, 11) is 0. The Kier molecular flexibility index (Phi) is 6.16. The van der Waals surface area contributed by atoms with Gasteiger partial charge in [-0.15, -0.1) is 0 Å². The molecular weight excluding hydrogens is 287 g/mol. The summed E-state index contributed by atoms with van der Waals surface area (Å²) in [5, 5.41) is 7.09. The van der Waals surface area contributed by atoms with Gasteiger partial charge in [0.25, 0.3) is 0 Å². The zero-order chi connectivity index (χ0) is 15.9. The fourth-order valence-corrected chi connectivity index (χ4v) is 1.49. The highest BCUT2D eigenvalue weighted by Gasteiger charge is 2.26. The largest absolute Gasteiger partial charge is 0.401 e. The monoisotopic (exact) mass is 303 g/mol. The van der Waals surface area contributed by atoms with E-state index in [4.69, 9.17) is 0 Å². The molecule has 0 aliphatic rings. The third-order valence-electron chi connectivity index (χ3n) is 2.37. The van der Waals surface area contributed by atoms with Gasteiger partial charge in [-0.2, -0.15) is 13.2 Å². The van der Waals surface area contributed by atoms with Crippen LogP contribution in [0.25, 0.3) is 0 Å². The van der Waals surface area contributed by atoms with Crippen LogP contribution in [0.15, 0.2) is 24.3 Å². The predicted molar refractivity (Wildman–Crippen MR) is 71.5 cm³/mol. The van der Waals surface area contributed by atoms with E-state index in [-0.39, 0.29) is 12.5 Å². The molecule has 0 spiro atoms. The Labute approximate surface area is 119 Å². The quantitative estimate of drug-likeness (QED) is 0.744. The first-order chi connectivity index (χ1) is 9.76. The zero-order valence-corrected chi connectivity index (χ0v) is 11.4. The molecule has 0 aromatic heterocycles. The summed E-state index contributed by atoms with van der Waals surface area (Å²) in [5.41, 5.74) is 1.40. The van der Waals surface area contributed by atoms with Crippen molar-refractivity contribution in [3.05, 3.63) is 29.8 Å². The smallest absolute Gasteiger partial charge is 0.351 e. The lowest BCUT2D eigenvalue weighted by molar-refractivity contribution is -0.128. The molecule has 2 amide bonds. The molecule has 1 aromatic carbocycles. The molecule has 0 aliphatic heterocycles. The maximum atomic E-state index is 11.9. The molecule has 116 valence electrons. The maximum absolute atomic E-state index is 11.9. The van der Waals surface area contributed by atoms with E-state index in [9.17, 15) is 22.8 Å². The number of amides is 2. The van der Waals surface area contributed by atoms with Crippen LogP contribution in [0.1, 0.15) is 12.5 Å². The van der Waals surface area contributed by atoms with Crippen molar-refractivity contribution >= 4 is 17.5 Å². The Morgan fingerprint density at radius 2 is 1.76 bits per heavy atom. The second-order valence-electron chi connectivity index (χ2n) is 4.37. The van der Waals surface area contributed by atoms with Crippen LogP contribution < -0.4 is 16.0 Å². The predicted octanol–water partition coefficient (Wildman–Crippen LogP) is 1.41. The number of carbonyl (C=O) groups excluding carboxylic acids is 2. The van der Waals surface area contributed by atoms with Gasteiger partial charge in [0.2, 0.25) is 11.8 Å². The number of alkyl halides is 3. The number of hydrogen-bond acceptors (Lipinski definition) is 3. The Bertz CT molecular complexity index is 486. The van der Waals surface area contributed by atoms with Crippen LogP contribution in [0.4, 0.5) is 18.9 Å². The lowest BCUT2D eigenvalue weighted by Gasteiger charge is -2.09. The molecule has 0 saturated carbocycles. The summed E-state index contributed by atoms with van der Waals surface area (Å²) in [6.45, 7) is -0.00964. The molecule has 3 N–H and O–H groups in total. The van der Waals surface area contributed by atoms with Crippen molar-refractivity contribution in [2.45, 2.75) is 19.6 Å². The number of rotatable bonds is 6. The molecule has 0 unspecified atom stereocenters. The molecule has 0 bridgehead atoms. The van der Waals surface area contributed by atoms with Crippen molar-refractivity contribution in [2.24, 2.45) is 0 Å². The standard InChI is InChI=1S/C13H16F3N3O2/c1-9(20)19-11-4-2-10(3-5-11)6-18-12(21)7-17-8-13(14,15)16/h2-5,17H,6-8H2,1H3,(H,18,21)(H,19,20). The first-order valence-corrected chi connectivity index (χ1v) is 6.17. The zero-order valence-electron chi connectivity index (χ0n) is 11.4. The number of nitrogens with one attached hydrogen (secondary N) is 3. The van der Waals surface area contributed by atoms with Gasteiger partial charge in [0.15, 0.2) is 0 Å². The molecule has 0 saturated heterocycles. The minimum absolute atomic E-state index is 0.188. The van der Waals surface area contributed by atoms with Crippen molar-refractivity contribution in [3.63, 3.8) is 0 Å². The number of carbonyl (C=O) groups is 2. The summed E-state index contributed by atoms with van der Waals surface area (Å²) < 4.78 is 35.6. The topological polar surface area (TPSA) is 70.2 Å². The van der Waals surface area contributed by atoms with E-state index in [1.54, 1.807) is 24.3 Å². The highest BCUT2D eigenvalue weighted by Crippen LogP contribution is 2.12. The highest BCUT2D eigenvalue weighted by atomic mass is 19.4. The van der Waals surface area contributed by atoms with Crippen LogP contribution in [-0.2, 0) is 16.1 Å². The summed E-state index contributed by atoms with van der Waals surface area (Å²) >= 11 is 0. The van der Waals surface area contributed by atoms with E-state index in [0.29, 0.717) is 5.69 Å². The van der Waals surface area contributed by atoms with Crippen molar-refractivity contribution in [2.75, 3.05) is 18.4 Å². The van der Waals surface area contributed by atoms with Gasteiger partial charge in [-0.3, -0.25) is 9.59 Å². The third kappa shape index (κ3) is 7.93. The normalized spacial score (nSPS) is 11.0. The van der Waals surface area contributed by atoms with Crippen molar-refractivity contribution in [1.29, 1.82) is 0 Å². The van der Waals surface area contributed by atoms with Gasteiger partial charge in [-0.05, 0) is 17.7 Å². The molecule has 1 aromatic rings. The van der Waals surface area contributed by atoms with E-state index in [0.717, 1.165) is 5.56 Å². The molecule has 0 radical (unpaired) electrons. The lowest BCUT2D eigenvalue weighted by atomic mass is 10.2. The number of hydrogen-bond donors (Lipinski definition) is 3. The Balaban J connectivity index is 2.31. The molecule has 0 aliphatic carbocycles. The summed E-state index contributed by atoms with van der Waals surface area (Å²) in [4.78, 5) is 22.1. The SMILES string of the molecule is CC(=O)Nc1ccc(CNC(=O)CNCC(F)(F)F)cc1. The van der Waals surface area contributed by atoms with E-state index in [1.165, 1.54) is 6.92 Å². The van der Waals surface area contributed by atoms with Gasteiger partial charge >= 0.3 is 6.18 Å². The molecular formula is C13H16F3N3O2. The highest BCUT2D eigenvalue weighted by molar-refractivity contribution is 5.88. The molecule has 0 atom stereocenters. The molecule has 0 heterocycles. The molecule has 0 fully saturated rings. The summed E-state index contributed by atoms with van der Waals surface area (Å²) in [6.07, 6.45) is -4.33. The van der Waals surface area contributed by atoms with Crippen molar-refractivity contribution < 1.29 is 22.8 Å². The maximum Gasteiger partial charge on any atom is 0.401 e. The van der Waals surface area contributed by atoms with E-state index < -0.39 is 25.2 Å². The average molecular weight is 303 g/mol. The fourth-order valence-electron chi connectivity index (χ4n) is 1.49. The van der Waals surface area contributed by atoms with Crippen LogP contribution in [0, 0.1) is 0 Å². The van der Waals surface area contributed by atoms with E-state index >= 15 is 0 Å². The number of halogens is 3. The van der Waals surface area contributed by atoms with E-state index in [1.807, 2.05) is 5.32 Å². The first kappa shape index (κ1) is 17.0. The van der Waals surface area contributed by atoms with E-state index in [2.05, 4.69) is 10.6 Å². The van der Waals surface area contributed by atoms with Crippen molar-refractivity contribution in [1.82, 2.24) is 10.6 Å². The number of anilines is 1. The van der Waals surface area contributed by atoms with Crippen LogP contribution in [0.2, 0.25) is 0 Å². The Morgan fingerprint density at radius 1 is 1.14 bits per heavy atom. The fraction of sp³-hybridized carbons (Fsp3) is 0.385. The Morgan fingerprint density at radius 3 is 2.29 bits per heavy atom. The second kappa shape index (κ2) is 7.63. The number of benzene rings is 1. The summed E-state index contributed by atoms with van der Waals surface area (Å²) in [6, 6.07) is 6.75. The van der Waals surface area contributed by atoms with Crippen molar-refractivity contribution in [3.8, 4) is 0 Å². The average Bonchev–Trinajstić information content (AvgIpc) is 2.36. The molecule has 8 heteroatoms. The molecule has 1 rings (SSSR count). The first-order valence-electron chi connectivity index (χ1n) is 6.17. The second-order valence-corrected chi connectivity index (χ2v) is 4.37. The minimum Gasteiger partial charge on any atom is -0.351 e. The van der Waals surface area contributed by atoms with Crippen LogP contribution in [-0.4, -0.2) is 31.1 Å².